The van der Waals surface area contributed by atoms with Gasteiger partial charge in [0.1, 0.15) is 5.82 Å². The van der Waals surface area contributed by atoms with E-state index in [-0.39, 0.29) is 5.75 Å². The van der Waals surface area contributed by atoms with Gasteiger partial charge in [0.15, 0.2) is 11.4 Å². The molecular formula is C12H6ClFN2O5. The van der Waals surface area contributed by atoms with Gasteiger partial charge in [0.05, 0.1) is 9.95 Å². The van der Waals surface area contributed by atoms with Crippen molar-refractivity contribution in [2.75, 3.05) is 0 Å². The van der Waals surface area contributed by atoms with Gasteiger partial charge in [-0.05, 0) is 12.1 Å². The van der Waals surface area contributed by atoms with E-state index in [9.17, 15) is 19.3 Å². The third-order valence-electron chi connectivity index (χ3n) is 2.39. The van der Waals surface area contributed by atoms with Gasteiger partial charge in [0.2, 0.25) is 5.75 Å². The lowest BCUT2D eigenvalue weighted by molar-refractivity contribution is -0.385. The molecule has 2 rings (SSSR count). The average Bonchev–Trinajstić information content (AvgIpc) is 2.42. The first-order valence-electron chi connectivity index (χ1n) is 5.39. The standard InChI is InChI=1S/C12H6ClFN2O5/c13-6-4-8(16(19)20)10(5-7(6)14)21-9-2-1-3-15-11(9)12(17)18/h1-5H,(H,17,18). The minimum absolute atomic E-state index is 0.255. The normalized spacial score (nSPS) is 10.2. The highest BCUT2D eigenvalue weighted by Gasteiger charge is 2.22. The number of halogens is 2. The van der Waals surface area contributed by atoms with Crippen molar-refractivity contribution in [3.8, 4) is 11.5 Å². The molecule has 2 aromatic rings. The van der Waals surface area contributed by atoms with Crippen molar-refractivity contribution in [2.45, 2.75) is 0 Å². The molecule has 1 aromatic heterocycles. The molecule has 0 spiro atoms. The second kappa shape index (κ2) is 5.71. The number of hydrogen-bond acceptors (Lipinski definition) is 5. The number of benzene rings is 1. The van der Waals surface area contributed by atoms with Crippen LogP contribution < -0.4 is 4.74 Å². The van der Waals surface area contributed by atoms with E-state index in [4.69, 9.17) is 21.4 Å². The Hall–Kier alpha value is -2.74. The lowest BCUT2D eigenvalue weighted by atomic mass is 10.2. The summed E-state index contributed by atoms with van der Waals surface area (Å²) in [5.74, 6) is -3.05. The van der Waals surface area contributed by atoms with Gasteiger partial charge in [0.25, 0.3) is 0 Å². The molecule has 0 bridgehead atoms. The first-order chi connectivity index (χ1) is 9.90. The van der Waals surface area contributed by atoms with Crippen LogP contribution in [-0.2, 0) is 0 Å². The molecule has 108 valence electrons. The molecule has 0 amide bonds. The van der Waals surface area contributed by atoms with E-state index in [1.165, 1.54) is 18.3 Å². The largest absolute Gasteiger partial charge is 0.476 e. The summed E-state index contributed by atoms with van der Waals surface area (Å²) in [5.41, 5.74) is -1.05. The monoisotopic (exact) mass is 312 g/mol. The first kappa shape index (κ1) is 14.7. The Kier molecular flexibility index (Phi) is 3.99. The van der Waals surface area contributed by atoms with Crippen LogP contribution in [0.3, 0.4) is 0 Å². The number of aromatic carboxylic acids is 1. The molecule has 0 unspecified atom stereocenters. The Morgan fingerprint density at radius 2 is 2.14 bits per heavy atom. The van der Waals surface area contributed by atoms with Crippen molar-refractivity contribution >= 4 is 23.3 Å². The second-order valence-electron chi connectivity index (χ2n) is 3.75. The summed E-state index contributed by atoms with van der Waals surface area (Å²) < 4.78 is 18.5. The van der Waals surface area contributed by atoms with Crippen molar-refractivity contribution in [3.63, 3.8) is 0 Å². The maximum atomic E-state index is 13.4. The summed E-state index contributed by atoms with van der Waals surface area (Å²) in [4.78, 5) is 24.6. The Morgan fingerprint density at radius 1 is 1.43 bits per heavy atom. The number of ether oxygens (including phenoxy) is 1. The van der Waals surface area contributed by atoms with Crippen LogP contribution in [0.25, 0.3) is 0 Å². The van der Waals surface area contributed by atoms with Crippen LogP contribution in [0.4, 0.5) is 10.1 Å². The smallest absolute Gasteiger partial charge is 0.358 e. The highest BCUT2D eigenvalue weighted by Crippen LogP contribution is 2.36. The third-order valence-corrected chi connectivity index (χ3v) is 2.68. The number of carbonyl (C=O) groups is 1. The van der Waals surface area contributed by atoms with E-state index in [0.29, 0.717) is 6.07 Å². The highest BCUT2D eigenvalue weighted by molar-refractivity contribution is 6.31. The molecule has 0 radical (unpaired) electrons. The molecule has 1 N–H and O–H groups in total. The van der Waals surface area contributed by atoms with Crippen LogP contribution in [0.1, 0.15) is 10.5 Å². The molecule has 21 heavy (non-hydrogen) atoms. The number of carboxylic acids is 1. The fourth-order valence-corrected chi connectivity index (χ4v) is 1.65. The van der Waals surface area contributed by atoms with E-state index >= 15 is 0 Å². The molecule has 1 heterocycles. The predicted molar refractivity (Wildman–Crippen MR) is 69.3 cm³/mol. The fraction of sp³-hybridized carbons (Fsp3) is 0. The number of nitro benzene ring substituents is 1. The van der Waals surface area contributed by atoms with Crippen molar-refractivity contribution in [1.82, 2.24) is 4.98 Å². The number of nitrogens with zero attached hydrogens (tertiary/aromatic N) is 2. The topological polar surface area (TPSA) is 103 Å². The minimum atomic E-state index is -1.39. The fourth-order valence-electron chi connectivity index (χ4n) is 1.49. The molecule has 0 atom stereocenters. The maximum absolute atomic E-state index is 13.4. The van der Waals surface area contributed by atoms with Crippen LogP contribution in [0.2, 0.25) is 5.02 Å². The molecule has 0 aliphatic heterocycles. The lowest BCUT2D eigenvalue weighted by Gasteiger charge is -2.08. The number of pyridine rings is 1. The summed E-state index contributed by atoms with van der Waals surface area (Å²) >= 11 is 5.47. The molecule has 7 nitrogen and oxygen atoms in total. The minimum Gasteiger partial charge on any atom is -0.476 e. The Bertz CT molecular complexity index is 738. The first-order valence-corrected chi connectivity index (χ1v) is 5.77. The van der Waals surface area contributed by atoms with Gasteiger partial charge in [-0.25, -0.2) is 14.2 Å². The van der Waals surface area contributed by atoms with E-state index in [1.54, 1.807) is 0 Å². The zero-order valence-electron chi connectivity index (χ0n) is 10.1. The second-order valence-corrected chi connectivity index (χ2v) is 4.16. The number of carboxylic acid groups (broad SMARTS) is 1. The summed E-state index contributed by atoms with van der Waals surface area (Å²) in [7, 11) is 0. The Balaban J connectivity index is 2.52. The molecule has 9 heteroatoms. The predicted octanol–water partition coefficient (Wildman–Crippen LogP) is 3.27. The van der Waals surface area contributed by atoms with Gasteiger partial charge < -0.3 is 9.84 Å². The molecule has 0 saturated carbocycles. The Labute approximate surface area is 121 Å². The molecular weight excluding hydrogens is 307 g/mol. The van der Waals surface area contributed by atoms with Crippen molar-refractivity contribution in [3.05, 3.63) is 57.1 Å². The van der Waals surface area contributed by atoms with E-state index in [0.717, 1.165) is 6.07 Å². The highest BCUT2D eigenvalue weighted by atomic mass is 35.5. The van der Waals surface area contributed by atoms with Gasteiger partial charge in [-0.2, -0.15) is 0 Å². The molecule has 0 saturated heterocycles. The number of aromatic nitrogens is 1. The summed E-state index contributed by atoms with van der Waals surface area (Å²) in [6, 6.07) is 4.11. The van der Waals surface area contributed by atoms with Crippen molar-refractivity contribution in [1.29, 1.82) is 0 Å². The third kappa shape index (κ3) is 3.06. The number of hydrogen-bond donors (Lipinski definition) is 1. The molecule has 0 aliphatic carbocycles. The van der Waals surface area contributed by atoms with Crippen molar-refractivity contribution < 1.29 is 24.0 Å². The van der Waals surface area contributed by atoms with E-state index < -0.39 is 38.9 Å². The number of rotatable bonds is 4. The lowest BCUT2D eigenvalue weighted by Crippen LogP contribution is -2.04. The summed E-state index contributed by atoms with van der Waals surface area (Å²) in [6.45, 7) is 0. The van der Waals surface area contributed by atoms with E-state index in [2.05, 4.69) is 4.98 Å². The van der Waals surface area contributed by atoms with Crippen LogP contribution >= 0.6 is 11.6 Å². The zero-order valence-corrected chi connectivity index (χ0v) is 10.9. The zero-order chi connectivity index (χ0) is 15.6. The van der Waals surface area contributed by atoms with E-state index in [1.807, 2.05) is 0 Å². The van der Waals surface area contributed by atoms with Crippen LogP contribution in [0.15, 0.2) is 30.5 Å². The molecule has 0 aliphatic rings. The Morgan fingerprint density at radius 3 is 2.76 bits per heavy atom. The average molecular weight is 313 g/mol. The van der Waals surface area contributed by atoms with Gasteiger partial charge in [-0.1, -0.05) is 11.6 Å². The van der Waals surface area contributed by atoms with Gasteiger partial charge in [0, 0.05) is 18.3 Å². The maximum Gasteiger partial charge on any atom is 0.358 e. The molecule has 1 aromatic carbocycles. The molecule has 0 fully saturated rings. The van der Waals surface area contributed by atoms with Gasteiger partial charge in [-0.3, -0.25) is 10.1 Å². The summed E-state index contributed by atoms with van der Waals surface area (Å²) in [5, 5.41) is 19.4. The van der Waals surface area contributed by atoms with Crippen LogP contribution in [0, 0.1) is 15.9 Å². The number of nitro groups is 1. The van der Waals surface area contributed by atoms with Crippen molar-refractivity contribution in [2.24, 2.45) is 0 Å². The van der Waals surface area contributed by atoms with Crippen LogP contribution in [0.5, 0.6) is 11.5 Å². The van der Waals surface area contributed by atoms with Crippen LogP contribution in [-0.4, -0.2) is 21.0 Å². The quantitative estimate of drug-likeness (QED) is 0.686. The summed E-state index contributed by atoms with van der Waals surface area (Å²) in [6.07, 6.45) is 1.22. The van der Waals surface area contributed by atoms with Gasteiger partial charge in [-0.15, -0.1) is 0 Å². The van der Waals surface area contributed by atoms with Gasteiger partial charge >= 0.3 is 11.7 Å². The SMILES string of the molecule is O=C(O)c1ncccc1Oc1cc(F)c(Cl)cc1[N+](=O)[O-].